The van der Waals surface area contributed by atoms with E-state index in [2.05, 4.69) is 22.1 Å². The maximum absolute atomic E-state index is 12.8. The van der Waals surface area contributed by atoms with Crippen molar-refractivity contribution in [2.75, 3.05) is 32.8 Å². The molecule has 0 bridgehead atoms. The van der Waals surface area contributed by atoms with Crippen molar-refractivity contribution in [1.29, 1.82) is 0 Å². The second kappa shape index (κ2) is 8.45. The van der Waals surface area contributed by atoms with Crippen LogP contribution in [0.3, 0.4) is 0 Å². The average molecular weight is 425 g/mol. The molecule has 0 aromatic carbocycles. The van der Waals surface area contributed by atoms with E-state index >= 15 is 0 Å². The molecule has 1 N–H and O–H groups in total. The van der Waals surface area contributed by atoms with Crippen LogP contribution in [0.25, 0.3) is 22.1 Å². The van der Waals surface area contributed by atoms with Crippen LogP contribution in [0.4, 0.5) is 0 Å². The van der Waals surface area contributed by atoms with Crippen molar-refractivity contribution in [2.24, 2.45) is 7.05 Å². The van der Waals surface area contributed by atoms with Gasteiger partial charge in [0.05, 0.1) is 24.2 Å². The summed E-state index contributed by atoms with van der Waals surface area (Å²) >= 11 is 0. The topological polar surface area (TPSA) is 81.8 Å². The van der Waals surface area contributed by atoms with Gasteiger partial charge >= 0.3 is 0 Å². The Kier molecular flexibility index (Phi) is 5.52. The third kappa shape index (κ3) is 3.98. The van der Waals surface area contributed by atoms with Gasteiger partial charge in [0.2, 0.25) is 0 Å². The first-order valence-corrected chi connectivity index (χ1v) is 10.9. The van der Waals surface area contributed by atoms with Gasteiger partial charge in [-0.1, -0.05) is 0 Å². The number of rotatable bonds is 6. The summed E-state index contributed by atoms with van der Waals surface area (Å²) in [6.45, 7) is 7.02. The fourth-order valence-electron chi connectivity index (χ4n) is 4.21. The van der Waals surface area contributed by atoms with Crippen LogP contribution in [-0.2, 0) is 18.3 Å². The van der Waals surface area contributed by atoms with E-state index in [1.807, 2.05) is 18.3 Å². The first-order chi connectivity index (χ1) is 15.1. The molecule has 2 saturated heterocycles. The molecule has 8 nitrogen and oxygen atoms in total. The van der Waals surface area contributed by atoms with Gasteiger partial charge in [-0.15, -0.1) is 0 Å². The highest BCUT2D eigenvalue weighted by molar-refractivity contribution is 5.93. The van der Waals surface area contributed by atoms with Crippen molar-refractivity contribution >= 4 is 11.0 Å². The van der Waals surface area contributed by atoms with E-state index in [9.17, 15) is 4.79 Å². The second-order valence-corrected chi connectivity index (χ2v) is 8.40. The highest BCUT2D eigenvalue weighted by atomic mass is 16.5. The molecule has 1 unspecified atom stereocenters. The Hall–Kier alpha value is -2.68. The molecule has 0 aliphatic carbocycles. The third-order valence-corrected chi connectivity index (χ3v) is 6.19. The zero-order valence-electron chi connectivity index (χ0n) is 18.0. The van der Waals surface area contributed by atoms with Crippen molar-refractivity contribution in [1.82, 2.24) is 19.8 Å². The van der Waals surface area contributed by atoms with E-state index in [0.717, 1.165) is 49.5 Å². The largest absolute Gasteiger partial charge is 0.489 e. The molecule has 164 valence electrons. The van der Waals surface area contributed by atoms with E-state index in [-0.39, 0.29) is 11.7 Å². The summed E-state index contributed by atoms with van der Waals surface area (Å²) in [7, 11) is 1.76. The highest BCUT2D eigenvalue weighted by Crippen LogP contribution is 2.35. The first kappa shape index (κ1) is 20.2. The van der Waals surface area contributed by atoms with Gasteiger partial charge in [-0.2, -0.15) is 0 Å². The fraction of sp³-hybridized carbons (Fsp3) is 0.478. The highest BCUT2D eigenvalue weighted by Gasteiger charge is 2.23. The third-order valence-electron chi connectivity index (χ3n) is 6.19. The zero-order chi connectivity index (χ0) is 21.4. The molecule has 2 atom stereocenters. The average Bonchev–Trinajstić information content (AvgIpc) is 3.16. The molecular weight excluding hydrogens is 396 g/mol. The number of nitrogens with one attached hydrogen (secondary N) is 1. The van der Waals surface area contributed by atoms with E-state index in [0.29, 0.717) is 35.9 Å². The molecule has 2 fully saturated rings. The number of fused-ring (bicyclic) bond motifs is 1. The van der Waals surface area contributed by atoms with Crippen molar-refractivity contribution in [3.8, 4) is 16.9 Å². The molecular formula is C23H28N4O4. The van der Waals surface area contributed by atoms with Crippen LogP contribution in [0.1, 0.15) is 19.1 Å². The monoisotopic (exact) mass is 424 g/mol. The second-order valence-electron chi connectivity index (χ2n) is 8.40. The van der Waals surface area contributed by atoms with Crippen LogP contribution >= 0.6 is 0 Å². The van der Waals surface area contributed by atoms with Crippen LogP contribution in [0.15, 0.2) is 39.9 Å². The van der Waals surface area contributed by atoms with E-state index < -0.39 is 0 Å². The molecule has 5 heterocycles. The van der Waals surface area contributed by atoms with Crippen LogP contribution < -0.4 is 15.6 Å². The minimum atomic E-state index is -0.0681. The lowest BCUT2D eigenvalue weighted by molar-refractivity contribution is -0.0720. The number of pyridine rings is 2. The van der Waals surface area contributed by atoms with Gasteiger partial charge in [-0.3, -0.25) is 14.7 Å². The Morgan fingerprint density at radius 3 is 3.00 bits per heavy atom. The molecule has 0 amide bonds. The standard InChI is InChI=1S/C23H28N4O4/c1-15-10-25-6-7-27(15)12-17-9-19-22(31-17)20(13-26(2)23(19)28)18-3-5-24-11-21(18)30-14-16-4-8-29-16/h3,5,9,11,13,15-16,25H,4,6-8,10,12,14H2,1-2H3/t15-,16?/m1/s1. The van der Waals surface area contributed by atoms with Crippen LogP contribution in [0, 0.1) is 0 Å². The van der Waals surface area contributed by atoms with Crippen molar-refractivity contribution in [3.05, 3.63) is 46.8 Å². The molecule has 2 aliphatic rings. The van der Waals surface area contributed by atoms with Gasteiger partial charge in [0, 0.05) is 69.3 Å². The Labute approximate surface area is 180 Å². The summed E-state index contributed by atoms with van der Waals surface area (Å²) in [6, 6.07) is 4.20. The Morgan fingerprint density at radius 2 is 2.23 bits per heavy atom. The van der Waals surface area contributed by atoms with Crippen LogP contribution in [0.5, 0.6) is 5.75 Å². The molecule has 0 saturated carbocycles. The zero-order valence-corrected chi connectivity index (χ0v) is 18.0. The number of nitrogens with zero attached hydrogens (tertiary/aromatic N) is 3. The number of hydrogen-bond donors (Lipinski definition) is 1. The molecule has 0 radical (unpaired) electrons. The van der Waals surface area contributed by atoms with Crippen molar-refractivity contribution < 1.29 is 13.9 Å². The van der Waals surface area contributed by atoms with Gasteiger partial charge in [0.1, 0.15) is 23.7 Å². The van der Waals surface area contributed by atoms with E-state index in [4.69, 9.17) is 13.9 Å². The lowest BCUT2D eigenvalue weighted by Gasteiger charge is -2.33. The van der Waals surface area contributed by atoms with Gasteiger partial charge in [-0.05, 0) is 19.1 Å². The SMILES string of the molecule is C[C@@H]1CNCCN1Cc1cc2c(=O)n(C)cc(-c3ccncc3OCC3CCO3)c2o1. The Bertz CT molecular complexity index is 1130. The molecule has 2 aliphatic heterocycles. The summed E-state index contributed by atoms with van der Waals surface area (Å²) < 4.78 is 19.4. The molecule has 8 heteroatoms. The fourth-order valence-corrected chi connectivity index (χ4v) is 4.21. The lowest BCUT2D eigenvalue weighted by atomic mass is 10.1. The Morgan fingerprint density at radius 1 is 1.35 bits per heavy atom. The number of piperazine rings is 1. The van der Waals surface area contributed by atoms with Crippen LogP contribution in [0.2, 0.25) is 0 Å². The number of hydrogen-bond acceptors (Lipinski definition) is 7. The number of ether oxygens (including phenoxy) is 2. The maximum atomic E-state index is 12.8. The maximum Gasteiger partial charge on any atom is 0.261 e. The van der Waals surface area contributed by atoms with Gasteiger partial charge in [0.25, 0.3) is 5.56 Å². The first-order valence-electron chi connectivity index (χ1n) is 10.9. The molecule has 0 spiro atoms. The number of furan rings is 1. The normalized spacial score (nSPS) is 21.9. The summed E-state index contributed by atoms with van der Waals surface area (Å²) in [5.41, 5.74) is 2.20. The summed E-state index contributed by atoms with van der Waals surface area (Å²) in [4.78, 5) is 19.4. The minimum absolute atomic E-state index is 0.0681. The summed E-state index contributed by atoms with van der Waals surface area (Å²) in [5.74, 6) is 1.46. The minimum Gasteiger partial charge on any atom is -0.489 e. The van der Waals surface area contributed by atoms with E-state index in [1.54, 1.807) is 24.0 Å². The number of aryl methyl sites for hydroxylation is 1. The van der Waals surface area contributed by atoms with Gasteiger partial charge in [0.15, 0.2) is 0 Å². The summed E-state index contributed by atoms with van der Waals surface area (Å²) in [5, 5.41) is 3.99. The van der Waals surface area contributed by atoms with Gasteiger partial charge in [-0.25, -0.2) is 0 Å². The molecule has 5 rings (SSSR count). The molecule has 3 aromatic heterocycles. The van der Waals surface area contributed by atoms with Crippen molar-refractivity contribution in [3.63, 3.8) is 0 Å². The smallest absolute Gasteiger partial charge is 0.261 e. The Balaban J connectivity index is 1.52. The molecule has 3 aromatic rings. The predicted octanol–water partition coefficient (Wildman–Crippen LogP) is 2.15. The number of aromatic nitrogens is 2. The van der Waals surface area contributed by atoms with Crippen LogP contribution in [-0.4, -0.2) is 59.4 Å². The lowest BCUT2D eigenvalue weighted by Crippen LogP contribution is -2.49. The molecule has 31 heavy (non-hydrogen) atoms. The van der Waals surface area contributed by atoms with Gasteiger partial charge < -0.3 is 23.8 Å². The van der Waals surface area contributed by atoms with Crippen molar-refractivity contribution in [2.45, 2.75) is 32.0 Å². The van der Waals surface area contributed by atoms with E-state index in [1.165, 1.54) is 0 Å². The quantitative estimate of drug-likeness (QED) is 0.649. The summed E-state index contributed by atoms with van der Waals surface area (Å²) in [6.07, 6.45) is 6.38. The predicted molar refractivity (Wildman–Crippen MR) is 117 cm³/mol.